The van der Waals surface area contributed by atoms with E-state index in [2.05, 4.69) is 10.2 Å². The average Bonchev–Trinajstić information content (AvgIpc) is 2.74. The summed E-state index contributed by atoms with van der Waals surface area (Å²) in [4.78, 5) is 11.2. The average molecular weight is 260 g/mol. The summed E-state index contributed by atoms with van der Waals surface area (Å²) in [5.74, 6) is -0.310. The van der Waals surface area contributed by atoms with E-state index in [-0.39, 0.29) is 5.56 Å². The lowest BCUT2D eigenvalue weighted by Gasteiger charge is -2.13. The van der Waals surface area contributed by atoms with E-state index < -0.39 is 12.1 Å². The van der Waals surface area contributed by atoms with Gasteiger partial charge in [0.1, 0.15) is 23.1 Å². The maximum Gasteiger partial charge on any atom is 0.339 e. The summed E-state index contributed by atoms with van der Waals surface area (Å²) in [5, 5.41) is 15.9. The number of rotatable bonds is 4. The molecule has 0 aliphatic heterocycles. The third kappa shape index (κ3) is 2.76. The molecule has 0 spiro atoms. The predicted octanol–water partition coefficient (Wildman–Crippen LogP) is 2.86. The second-order valence-electron chi connectivity index (χ2n) is 4.49. The molecule has 1 aromatic heterocycles. The van der Waals surface area contributed by atoms with Crippen molar-refractivity contribution >= 4 is 5.97 Å². The highest BCUT2D eigenvalue weighted by molar-refractivity contribution is 5.90. The minimum Gasteiger partial charge on any atom is -0.484 e. The fraction of sp³-hybridized carbons (Fsp3) is 0.286. The highest BCUT2D eigenvalue weighted by Crippen LogP contribution is 2.24. The summed E-state index contributed by atoms with van der Waals surface area (Å²) in [5.41, 5.74) is 2.26. The molecule has 5 nitrogen and oxygen atoms in total. The predicted molar refractivity (Wildman–Crippen MR) is 70.5 cm³/mol. The topological polar surface area (TPSA) is 75.2 Å². The number of ether oxygens (including phenoxy) is 1. The van der Waals surface area contributed by atoms with E-state index in [0.29, 0.717) is 17.1 Å². The summed E-state index contributed by atoms with van der Waals surface area (Å²) in [6.07, 6.45) is -0.432. The van der Waals surface area contributed by atoms with Crippen LogP contribution in [0, 0.1) is 13.8 Å². The van der Waals surface area contributed by atoms with Gasteiger partial charge in [0.2, 0.25) is 0 Å². The molecule has 2 aromatic rings. The van der Waals surface area contributed by atoms with Crippen molar-refractivity contribution in [3.63, 3.8) is 0 Å². The van der Waals surface area contributed by atoms with Crippen molar-refractivity contribution in [2.45, 2.75) is 26.9 Å². The maximum atomic E-state index is 11.2. The zero-order chi connectivity index (χ0) is 14.0. The van der Waals surface area contributed by atoms with Crippen LogP contribution in [0.1, 0.15) is 40.3 Å². The number of carboxylic acid groups (broad SMARTS) is 1. The highest BCUT2D eigenvalue weighted by atomic mass is 16.5. The molecule has 0 aliphatic rings. The molecule has 19 heavy (non-hydrogen) atoms. The lowest BCUT2D eigenvalue weighted by Crippen LogP contribution is -2.10. The zero-order valence-electron chi connectivity index (χ0n) is 11.1. The Kier molecular flexibility index (Phi) is 3.55. The molecule has 0 radical (unpaired) electrons. The summed E-state index contributed by atoms with van der Waals surface area (Å²) >= 11 is 0. The van der Waals surface area contributed by atoms with E-state index in [9.17, 15) is 9.90 Å². The first-order valence-electron chi connectivity index (χ1n) is 6.00. The van der Waals surface area contributed by atoms with Crippen LogP contribution in [-0.4, -0.2) is 21.3 Å². The van der Waals surface area contributed by atoms with Gasteiger partial charge in [-0.25, -0.2) is 4.79 Å². The van der Waals surface area contributed by atoms with Crippen LogP contribution in [0.4, 0.5) is 0 Å². The molecule has 1 heterocycles. The van der Waals surface area contributed by atoms with Crippen LogP contribution < -0.4 is 4.74 Å². The quantitative estimate of drug-likeness (QED) is 0.886. The van der Waals surface area contributed by atoms with Gasteiger partial charge < -0.3 is 9.84 Å². The fourth-order valence-corrected chi connectivity index (χ4v) is 1.89. The minimum atomic E-state index is -0.999. The third-order valence-electron chi connectivity index (χ3n) is 2.91. The van der Waals surface area contributed by atoms with Gasteiger partial charge in [0.15, 0.2) is 0 Å². The number of aromatic carboxylic acids is 1. The Morgan fingerprint density at radius 1 is 1.32 bits per heavy atom. The van der Waals surface area contributed by atoms with Gasteiger partial charge in [-0.3, -0.25) is 5.10 Å². The number of nitrogens with zero attached hydrogens (tertiary/aromatic N) is 1. The Morgan fingerprint density at radius 2 is 1.95 bits per heavy atom. The largest absolute Gasteiger partial charge is 0.484 e. The van der Waals surface area contributed by atoms with Crippen LogP contribution in [0.3, 0.4) is 0 Å². The van der Waals surface area contributed by atoms with Crippen LogP contribution in [0.5, 0.6) is 5.75 Å². The lowest BCUT2D eigenvalue weighted by molar-refractivity contribution is 0.0691. The fourth-order valence-electron chi connectivity index (χ4n) is 1.89. The molecule has 2 N–H and O–H groups in total. The molecule has 0 aliphatic carbocycles. The zero-order valence-corrected chi connectivity index (χ0v) is 11.1. The number of H-pyrrole nitrogens is 1. The summed E-state index contributed by atoms with van der Waals surface area (Å²) < 4.78 is 5.71. The van der Waals surface area contributed by atoms with E-state index in [1.165, 1.54) is 0 Å². The maximum absolute atomic E-state index is 11.2. The molecule has 0 saturated heterocycles. The molecule has 1 aromatic carbocycles. The third-order valence-corrected chi connectivity index (χ3v) is 2.91. The van der Waals surface area contributed by atoms with Crippen LogP contribution in [-0.2, 0) is 0 Å². The van der Waals surface area contributed by atoms with E-state index in [0.717, 1.165) is 5.56 Å². The molecule has 100 valence electrons. The SMILES string of the molecule is Cc1ccc(OC(C)c2n[nH]c(C)c2C(=O)O)cc1. The second kappa shape index (κ2) is 5.14. The van der Waals surface area contributed by atoms with Crippen molar-refractivity contribution in [1.82, 2.24) is 10.2 Å². The van der Waals surface area contributed by atoms with E-state index in [4.69, 9.17) is 4.74 Å². The van der Waals surface area contributed by atoms with Crippen LogP contribution >= 0.6 is 0 Å². The van der Waals surface area contributed by atoms with Crippen molar-refractivity contribution in [2.24, 2.45) is 0 Å². The van der Waals surface area contributed by atoms with Crippen LogP contribution in [0.2, 0.25) is 0 Å². The molecule has 1 atom stereocenters. The Morgan fingerprint density at radius 3 is 2.53 bits per heavy atom. The molecule has 0 fully saturated rings. The number of carbonyl (C=O) groups is 1. The molecule has 2 rings (SSSR count). The number of nitrogens with one attached hydrogen (secondary N) is 1. The molecular weight excluding hydrogens is 244 g/mol. The van der Waals surface area contributed by atoms with E-state index in [1.54, 1.807) is 13.8 Å². The van der Waals surface area contributed by atoms with Gasteiger partial charge in [-0.05, 0) is 32.9 Å². The first-order chi connectivity index (χ1) is 8.99. The van der Waals surface area contributed by atoms with Crippen molar-refractivity contribution in [1.29, 1.82) is 0 Å². The number of benzene rings is 1. The van der Waals surface area contributed by atoms with Crippen molar-refractivity contribution in [2.75, 3.05) is 0 Å². The summed E-state index contributed by atoms with van der Waals surface area (Å²) in [6, 6.07) is 7.59. The van der Waals surface area contributed by atoms with Gasteiger partial charge >= 0.3 is 5.97 Å². The summed E-state index contributed by atoms with van der Waals surface area (Å²) in [7, 11) is 0. The molecule has 5 heteroatoms. The Balaban J connectivity index is 2.23. The molecular formula is C14H16N2O3. The number of hydrogen-bond acceptors (Lipinski definition) is 3. The van der Waals surface area contributed by atoms with E-state index >= 15 is 0 Å². The van der Waals surface area contributed by atoms with Crippen molar-refractivity contribution in [3.8, 4) is 5.75 Å². The van der Waals surface area contributed by atoms with Crippen LogP contribution in [0.15, 0.2) is 24.3 Å². The number of carboxylic acids is 1. The van der Waals surface area contributed by atoms with E-state index in [1.807, 2.05) is 31.2 Å². The van der Waals surface area contributed by atoms with Gasteiger partial charge in [-0.2, -0.15) is 5.10 Å². The second-order valence-corrected chi connectivity index (χ2v) is 4.49. The molecule has 0 amide bonds. The van der Waals surface area contributed by atoms with Gasteiger partial charge in [-0.1, -0.05) is 17.7 Å². The Bertz CT molecular complexity index is 587. The highest BCUT2D eigenvalue weighted by Gasteiger charge is 2.22. The lowest BCUT2D eigenvalue weighted by atomic mass is 10.1. The van der Waals surface area contributed by atoms with Gasteiger partial charge in [0.25, 0.3) is 0 Å². The smallest absolute Gasteiger partial charge is 0.339 e. The van der Waals surface area contributed by atoms with Gasteiger partial charge in [-0.15, -0.1) is 0 Å². The normalized spacial score (nSPS) is 12.2. The number of aromatic nitrogens is 2. The summed E-state index contributed by atoms with van der Waals surface area (Å²) in [6.45, 7) is 5.45. The first-order valence-corrected chi connectivity index (χ1v) is 6.00. The molecule has 0 bridgehead atoms. The Hall–Kier alpha value is -2.30. The van der Waals surface area contributed by atoms with Crippen molar-refractivity contribution in [3.05, 3.63) is 46.8 Å². The first kappa shape index (κ1) is 13.1. The molecule has 1 unspecified atom stereocenters. The van der Waals surface area contributed by atoms with Crippen molar-refractivity contribution < 1.29 is 14.6 Å². The number of hydrogen-bond donors (Lipinski definition) is 2. The Labute approximate surface area is 111 Å². The van der Waals surface area contributed by atoms with Gasteiger partial charge in [0.05, 0.1) is 0 Å². The molecule has 0 saturated carbocycles. The number of aryl methyl sites for hydroxylation is 2. The van der Waals surface area contributed by atoms with Gasteiger partial charge in [0, 0.05) is 5.69 Å². The van der Waals surface area contributed by atoms with Crippen LogP contribution in [0.25, 0.3) is 0 Å². The minimum absolute atomic E-state index is 0.180. The monoisotopic (exact) mass is 260 g/mol. The number of aromatic amines is 1. The standard InChI is InChI=1S/C14H16N2O3/c1-8-4-6-11(7-5-8)19-10(3)13-12(14(17)18)9(2)15-16-13/h4-7,10H,1-3H3,(H,15,16)(H,17,18).